The van der Waals surface area contributed by atoms with Gasteiger partial charge in [-0.3, -0.25) is 9.58 Å². The Bertz CT molecular complexity index is 479. The molecular weight excluding hydrogens is 270 g/mol. The number of rotatable bonds is 5. The molecule has 1 saturated heterocycles. The number of nitrogens with zero attached hydrogens (tertiary/aromatic N) is 3. The van der Waals surface area contributed by atoms with Crippen LogP contribution in [0.1, 0.15) is 50.0 Å². The maximum atomic E-state index is 11.7. The number of hydrogen-bond acceptors (Lipinski definition) is 5. The first-order chi connectivity index (χ1) is 9.89. The molecule has 0 spiro atoms. The summed E-state index contributed by atoms with van der Waals surface area (Å²) in [5.41, 5.74) is -0.196. The van der Waals surface area contributed by atoms with Gasteiger partial charge in [0.15, 0.2) is 0 Å². The van der Waals surface area contributed by atoms with Gasteiger partial charge in [0, 0.05) is 19.3 Å². The molecule has 6 nitrogen and oxygen atoms in total. The van der Waals surface area contributed by atoms with E-state index in [2.05, 4.69) is 10.00 Å². The highest BCUT2D eigenvalue weighted by Gasteiger charge is 2.26. The van der Waals surface area contributed by atoms with Crippen molar-refractivity contribution in [2.24, 2.45) is 0 Å². The van der Waals surface area contributed by atoms with E-state index in [1.807, 2.05) is 18.5 Å². The largest absolute Gasteiger partial charge is 0.462 e. The monoisotopic (exact) mass is 295 g/mol. The van der Waals surface area contributed by atoms with Crippen molar-refractivity contribution >= 4 is 5.97 Å². The average Bonchev–Trinajstić information content (AvgIpc) is 2.87. The number of piperidine rings is 1. The fraction of sp³-hybridized carbons (Fsp3) is 0.733. The minimum absolute atomic E-state index is 0.240. The van der Waals surface area contributed by atoms with Gasteiger partial charge in [-0.15, -0.1) is 0 Å². The van der Waals surface area contributed by atoms with Crippen LogP contribution in [0.15, 0.2) is 12.4 Å². The summed E-state index contributed by atoms with van der Waals surface area (Å²) < 4.78 is 6.83. The van der Waals surface area contributed by atoms with Gasteiger partial charge in [-0.25, -0.2) is 4.79 Å². The van der Waals surface area contributed by atoms with Crippen LogP contribution in [0.5, 0.6) is 0 Å². The molecule has 2 rings (SSSR count). The molecule has 1 aromatic rings. The molecule has 0 aliphatic carbocycles. The van der Waals surface area contributed by atoms with Gasteiger partial charge >= 0.3 is 5.97 Å². The van der Waals surface area contributed by atoms with E-state index in [1.54, 1.807) is 19.3 Å². The van der Waals surface area contributed by atoms with Crippen LogP contribution in [0.3, 0.4) is 0 Å². The van der Waals surface area contributed by atoms with Crippen molar-refractivity contribution in [3.8, 4) is 0 Å². The molecule has 21 heavy (non-hydrogen) atoms. The zero-order chi connectivity index (χ0) is 15.5. The predicted molar refractivity (Wildman–Crippen MR) is 79.2 cm³/mol. The minimum Gasteiger partial charge on any atom is -0.462 e. The number of aromatic nitrogens is 2. The smallest absolute Gasteiger partial charge is 0.341 e. The van der Waals surface area contributed by atoms with Crippen LogP contribution >= 0.6 is 0 Å². The molecule has 1 unspecified atom stereocenters. The maximum Gasteiger partial charge on any atom is 0.341 e. The summed E-state index contributed by atoms with van der Waals surface area (Å²) in [6, 6.07) is 0.240. The van der Waals surface area contributed by atoms with Crippen molar-refractivity contribution in [2.75, 3.05) is 26.2 Å². The zero-order valence-electron chi connectivity index (χ0n) is 13.1. The van der Waals surface area contributed by atoms with Gasteiger partial charge in [0.05, 0.1) is 30.0 Å². The molecule has 118 valence electrons. The summed E-state index contributed by atoms with van der Waals surface area (Å²) in [6.45, 7) is 8.29. The van der Waals surface area contributed by atoms with Gasteiger partial charge in [0.25, 0.3) is 0 Å². The normalized spacial score (nSPS) is 20.5. The van der Waals surface area contributed by atoms with Gasteiger partial charge in [-0.2, -0.15) is 5.10 Å². The summed E-state index contributed by atoms with van der Waals surface area (Å²) in [7, 11) is 0. The lowest BCUT2D eigenvalue weighted by atomic mass is 10.0. The first kappa shape index (κ1) is 16.0. The Hall–Kier alpha value is -1.40. The van der Waals surface area contributed by atoms with Crippen LogP contribution in [0, 0.1) is 0 Å². The van der Waals surface area contributed by atoms with Crippen LogP contribution < -0.4 is 0 Å². The molecule has 0 aromatic carbocycles. The van der Waals surface area contributed by atoms with E-state index in [-0.39, 0.29) is 12.0 Å². The maximum absolute atomic E-state index is 11.7. The van der Waals surface area contributed by atoms with E-state index in [0.717, 1.165) is 25.9 Å². The Kier molecular flexibility index (Phi) is 5.00. The van der Waals surface area contributed by atoms with Crippen molar-refractivity contribution in [3.05, 3.63) is 18.0 Å². The summed E-state index contributed by atoms with van der Waals surface area (Å²) in [6.07, 6.45) is 5.42. The molecule has 0 radical (unpaired) electrons. The molecular formula is C15H25N3O3. The quantitative estimate of drug-likeness (QED) is 0.833. The van der Waals surface area contributed by atoms with E-state index < -0.39 is 5.60 Å². The number of β-amino-alcohol motifs (C(OH)–C–C–N with tert-alkyl or cyclic N) is 1. The average molecular weight is 295 g/mol. The number of ether oxygens (including phenoxy) is 1. The van der Waals surface area contributed by atoms with Gasteiger partial charge in [-0.05, 0) is 40.2 Å². The van der Waals surface area contributed by atoms with Crippen molar-refractivity contribution < 1.29 is 14.6 Å². The number of esters is 1. The van der Waals surface area contributed by atoms with E-state index in [1.165, 1.54) is 0 Å². The van der Waals surface area contributed by atoms with Gasteiger partial charge in [-0.1, -0.05) is 0 Å². The van der Waals surface area contributed by atoms with Crippen LogP contribution in [0.2, 0.25) is 0 Å². The van der Waals surface area contributed by atoms with Gasteiger partial charge in [0.1, 0.15) is 0 Å². The highest BCUT2D eigenvalue weighted by Crippen LogP contribution is 2.22. The van der Waals surface area contributed by atoms with Crippen LogP contribution in [0.4, 0.5) is 0 Å². The Balaban J connectivity index is 1.99. The summed E-state index contributed by atoms with van der Waals surface area (Å²) in [4.78, 5) is 13.9. The summed E-state index contributed by atoms with van der Waals surface area (Å²) >= 11 is 0. The molecule has 0 amide bonds. The molecule has 1 aliphatic heterocycles. The van der Waals surface area contributed by atoms with E-state index in [9.17, 15) is 9.90 Å². The number of carbonyl (C=O) groups is 1. The number of likely N-dealkylation sites (tertiary alicyclic amines) is 1. The van der Waals surface area contributed by atoms with Crippen molar-refractivity contribution in [1.82, 2.24) is 14.7 Å². The number of carbonyl (C=O) groups excluding carboxylic acids is 1. The molecule has 6 heteroatoms. The second kappa shape index (κ2) is 6.58. The van der Waals surface area contributed by atoms with E-state index in [0.29, 0.717) is 18.7 Å². The standard InChI is InChI=1S/C15H25N3O3/c1-4-21-14(19)12-8-16-18(9-12)13-6-5-7-17(10-13)11-15(2,3)20/h8-9,13,20H,4-7,10-11H2,1-3H3. The first-order valence-corrected chi connectivity index (χ1v) is 7.55. The summed E-state index contributed by atoms with van der Waals surface area (Å²) in [5, 5.41) is 14.2. The fourth-order valence-electron chi connectivity index (χ4n) is 2.80. The molecule has 2 heterocycles. The van der Waals surface area contributed by atoms with Crippen molar-refractivity contribution in [3.63, 3.8) is 0 Å². The molecule has 1 fully saturated rings. The lowest BCUT2D eigenvalue weighted by Crippen LogP contribution is -2.44. The highest BCUT2D eigenvalue weighted by atomic mass is 16.5. The lowest BCUT2D eigenvalue weighted by molar-refractivity contribution is 0.0218. The second-order valence-electron chi connectivity index (χ2n) is 6.27. The molecule has 1 aliphatic rings. The third kappa shape index (κ3) is 4.54. The minimum atomic E-state index is -0.692. The number of aliphatic hydroxyl groups is 1. The molecule has 0 bridgehead atoms. The van der Waals surface area contributed by atoms with Crippen LogP contribution in [0.25, 0.3) is 0 Å². The fourth-order valence-corrected chi connectivity index (χ4v) is 2.80. The topological polar surface area (TPSA) is 67.6 Å². The first-order valence-electron chi connectivity index (χ1n) is 7.55. The Morgan fingerprint density at radius 3 is 3.00 bits per heavy atom. The SMILES string of the molecule is CCOC(=O)c1cnn(C2CCCN(CC(C)(C)O)C2)c1. The third-order valence-electron chi connectivity index (χ3n) is 3.58. The Morgan fingerprint density at radius 1 is 1.57 bits per heavy atom. The Morgan fingerprint density at radius 2 is 2.33 bits per heavy atom. The predicted octanol–water partition coefficient (Wildman–Crippen LogP) is 1.47. The van der Waals surface area contributed by atoms with Gasteiger partial charge < -0.3 is 9.84 Å². The number of hydrogen-bond donors (Lipinski definition) is 1. The van der Waals surface area contributed by atoms with Crippen LogP contribution in [-0.2, 0) is 4.74 Å². The van der Waals surface area contributed by atoms with Crippen molar-refractivity contribution in [1.29, 1.82) is 0 Å². The lowest BCUT2D eigenvalue weighted by Gasteiger charge is -2.36. The molecule has 1 aromatic heterocycles. The second-order valence-corrected chi connectivity index (χ2v) is 6.27. The third-order valence-corrected chi connectivity index (χ3v) is 3.58. The molecule has 0 saturated carbocycles. The zero-order valence-corrected chi connectivity index (χ0v) is 13.1. The summed E-state index contributed by atoms with van der Waals surface area (Å²) in [5.74, 6) is -0.326. The molecule has 1 N–H and O–H groups in total. The van der Waals surface area contributed by atoms with Crippen LogP contribution in [-0.4, -0.2) is 57.6 Å². The van der Waals surface area contributed by atoms with E-state index >= 15 is 0 Å². The molecule has 1 atom stereocenters. The van der Waals surface area contributed by atoms with Gasteiger partial charge in [0.2, 0.25) is 0 Å². The van der Waals surface area contributed by atoms with E-state index in [4.69, 9.17) is 4.74 Å². The highest BCUT2D eigenvalue weighted by molar-refractivity contribution is 5.88. The van der Waals surface area contributed by atoms with Crippen molar-refractivity contribution in [2.45, 2.75) is 45.3 Å². The Labute approximate surface area is 125 Å².